The summed E-state index contributed by atoms with van der Waals surface area (Å²) in [4.78, 5) is 2.57. The van der Waals surface area contributed by atoms with Gasteiger partial charge in [0.1, 0.15) is 5.75 Å². The molecule has 0 aromatic heterocycles. The second kappa shape index (κ2) is 7.78. The van der Waals surface area contributed by atoms with Crippen LogP contribution in [-0.4, -0.2) is 30.9 Å². The van der Waals surface area contributed by atoms with Crippen LogP contribution in [0.15, 0.2) is 54.6 Å². The molecule has 0 spiro atoms. The van der Waals surface area contributed by atoms with Crippen LogP contribution in [0.4, 0.5) is 13.2 Å². The third kappa shape index (κ3) is 4.69. The van der Waals surface area contributed by atoms with Crippen LogP contribution in [0.2, 0.25) is 0 Å². The molecule has 2 nitrogen and oxygen atoms in total. The van der Waals surface area contributed by atoms with E-state index < -0.39 is 6.36 Å². The van der Waals surface area contributed by atoms with Crippen LogP contribution in [0.25, 0.3) is 0 Å². The van der Waals surface area contributed by atoms with Crippen LogP contribution in [0.5, 0.6) is 5.75 Å². The molecule has 5 heteroatoms. The molecule has 0 N–H and O–H groups in total. The first-order valence-corrected chi connectivity index (χ1v) is 10.0. The molecule has 1 heterocycles. The monoisotopic (exact) mass is 389 g/mol. The molecule has 0 bridgehead atoms. The first-order chi connectivity index (χ1) is 13.4. The molecule has 1 aliphatic carbocycles. The summed E-state index contributed by atoms with van der Waals surface area (Å²) in [6.07, 6.45) is -2.77. The standard InChI is InChI=1S/C23H26F3NO/c1-16(18-7-3-2-4-8-18)13-27-14-21-20(22(21)15-27)11-10-17-6-5-9-19(12-17)28-23(24,25)26/h2-9,12,16,20-22H,10-11,13-15H2,1H3. The Kier molecular flexibility index (Phi) is 5.37. The lowest BCUT2D eigenvalue weighted by atomic mass is 10.0. The molecular formula is C23H26F3NO. The van der Waals surface area contributed by atoms with Gasteiger partial charge in [-0.2, -0.15) is 0 Å². The minimum absolute atomic E-state index is 0.123. The zero-order valence-corrected chi connectivity index (χ0v) is 16.0. The van der Waals surface area contributed by atoms with Gasteiger partial charge in [-0.05, 0) is 59.8 Å². The number of nitrogens with zero attached hydrogens (tertiary/aromatic N) is 1. The largest absolute Gasteiger partial charge is 0.573 e. The second-order valence-electron chi connectivity index (χ2n) is 8.26. The number of benzene rings is 2. The van der Waals surface area contributed by atoms with E-state index in [1.54, 1.807) is 6.07 Å². The molecule has 1 saturated carbocycles. The second-order valence-corrected chi connectivity index (χ2v) is 8.26. The van der Waals surface area contributed by atoms with Crippen molar-refractivity contribution in [2.45, 2.75) is 32.0 Å². The lowest BCUT2D eigenvalue weighted by molar-refractivity contribution is -0.274. The van der Waals surface area contributed by atoms with Crippen LogP contribution in [0.1, 0.15) is 30.4 Å². The van der Waals surface area contributed by atoms with Crippen LogP contribution in [0.3, 0.4) is 0 Å². The van der Waals surface area contributed by atoms with Gasteiger partial charge < -0.3 is 9.64 Å². The molecule has 2 aromatic carbocycles. The third-order valence-electron chi connectivity index (χ3n) is 6.25. The number of fused-ring (bicyclic) bond motifs is 1. The Morgan fingerprint density at radius 3 is 2.43 bits per heavy atom. The quantitative estimate of drug-likeness (QED) is 0.620. The molecular weight excluding hydrogens is 363 g/mol. The number of ether oxygens (including phenoxy) is 1. The molecule has 1 aliphatic heterocycles. The number of hydrogen-bond donors (Lipinski definition) is 0. The smallest absolute Gasteiger partial charge is 0.406 e. The summed E-state index contributed by atoms with van der Waals surface area (Å²) in [5.74, 6) is 2.65. The van der Waals surface area contributed by atoms with Gasteiger partial charge in [0, 0.05) is 19.6 Å². The number of halogens is 3. The van der Waals surface area contributed by atoms with Gasteiger partial charge in [0.25, 0.3) is 0 Å². The van der Waals surface area contributed by atoms with Gasteiger partial charge in [0.05, 0.1) is 0 Å². The highest BCUT2D eigenvalue weighted by molar-refractivity contribution is 5.29. The van der Waals surface area contributed by atoms with E-state index in [0.29, 0.717) is 5.92 Å². The van der Waals surface area contributed by atoms with Gasteiger partial charge in [0.15, 0.2) is 0 Å². The Labute approximate surface area is 164 Å². The van der Waals surface area contributed by atoms with Crippen molar-refractivity contribution in [1.29, 1.82) is 0 Å². The van der Waals surface area contributed by atoms with E-state index in [1.807, 2.05) is 6.07 Å². The number of aryl methyl sites for hydroxylation is 1. The summed E-state index contributed by atoms with van der Waals surface area (Å²) in [6, 6.07) is 17.0. The number of hydrogen-bond acceptors (Lipinski definition) is 2. The van der Waals surface area contributed by atoms with E-state index in [2.05, 4.69) is 46.9 Å². The predicted molar refractivity (Wildman–Crippen MR) is 103 cm³/mol. The SMILES string of the molecule is CC(CN1CC2C(CCc3cccc(OC(F)(F)F)c3)C2C1)c1ccccc1. The van der Waals surface area contributed by atoms with Crippen molar-refractivity contribution in [3.8, 4) is 5.75 Å². The highest BCUT2D eigenvalue weighted by Crippen LogP contribution is 2.54. The molecule has 2 fully saturated rings. The summed E-state index contributed by atoms with van der Waals surface area (Å²) in [7, 11) is 0. The number of piperidine rings is 1. The Bertz CT molecular complexity index is 780. The van der Waals surface area contributed by atoms with E-state index in [0.717, 1.165) is 55.8 Å². The predicted octanol–water partition coefficient (Wildman–Crippen LogP) is 5.50. The summed E-state index contributed by atoms with van der Waals surface area (Å²) in [5.41, 5.74) is 2.31. The Balaban J connectivity index is 1.22. The number of rotatable bonds is 7. The van der Waals surface area contributed by atoms with Crippen LogP contribution < -0.4 is 4.74 Å². The first-order valence-electron chi connectivity index (χ1n) is 10.0. The fourth-order valence-electron chi connectivity index (χ4n) is 4.82. The van der Waals surface area contributed by atoms with E-state index in [9.17, 15) is 13.2 Å². The average molecular weight is 389 g/mol. The van der Waals surface area contributed by atoms with Crippen molar-refractivity contribution in [1.82, 2.24) is 4.90 Å². The van der Waals surface area contributed by atoms with Crippen LogP contribution >= 0.6 is 0 Å². The highest BCUT2D eigenvalue weighted by Gasteiger charge is 2.54. The fourth-order valence-corrected chi connectivity index (χ4v) is 4.82. The molecule has 3 atom stereocenters. The maximum Gasteiger partial charge on any atom is 0.573 e. The van der Waals surface area contributed by atoms with E-state index >= 15 is 0 Å². The molecule has 150 valence electrons. The van der Waals surface area contributed by atoms with Gasteiger partial charge in [-0.15, -0.1) is 13.2 Å². The summed E-state index contributed by atoms with van der Waals surface area (Å²) < 4.78 is 41.1. The van der Waals surface area contributed by atoms with Crippen molar-refractivity contribution in [2.24, 2.45) is 17.8 Å². The van der Waals surface area contributed by atoms with Crippen molar-refractivity contribution in [2.75, 3.05) is 19.6 Å². The lowest BCUT2D eigenvalue weighted by Crippen LogP contribution is -2.28. The summed E-state index contributed by atoms with van der Waals surface area (Å²) in [5, 5.41) is 0. The minimum Gasteiger partial charge on any atom is -0.406 e. The third-order valence-corrected chi connectivity index (χ3v) is 6.25. The van der Waals surface area contributed by atoms with Gasteiger partial charge in [0.2, 0.25) is 0 Å². The topological polar surface area (TPSA) is 12.5 Å². The van der Waals surface area contributed by atoms with Gasteiger partial charge in [-0.1, -0.05) is 49.4 Å². The summed E-state index contributed by atoms with van der Waals surface area (Å²) in [6.45, 7) is 5.70. The molecule has 1 saturated heterocycles. The lowest BCUT2D eigenvalue weighted by Gasteiger charge is -2.23. The molecule has 3 unspecified atom stereocenters. The number of alkyl halides is 3. The zero-order chi connectivity index (χ0) is 19.7. The van der Waals surface area contributed by atoms with Crippen molar-refractivity contribution >= 4 is 0 Å². The summed E-state index contributed by atoms with van der Waals surface area (Å²) >= 11 is 0. The minimum atomic E-state index is -4.63. The highest BCUT2D eigenvalue weighted by atomic mass is 19.4. The normalized spacial score (nSPS) is 25.4. The Morgan fingerprint density at radius 2 is 1.75 bits per heavy atom. The molecule has 0 amide bonds. The van der Waals surface area contributed by atoms with Gasteiger partial charge in [-0.25, -0.2) is 0 Å². The molecule has 28 heavy (non-hydrogen) atoms. The van der Waals surface area contributed by atoms with Crippen molar-refractivity contribution < 1.29 is 17.9 Å². The molecule has 2 aliphatic rings. The molecule has 4 rings (SSSR count). The van der Waals surface area contributed by atoms with E-state index in [-0.39, 0.29) is 5.75 Å². The molecule has 0 radical (unpaired) electrons. The molecule has 2 aromatic rings. The van der Waals surface area contributed by atoms with Crippen molar-refractivity contribution in [3.05, 3.63) is 65.7 Å². The fraction of sp³-hybridized carbons (Fsp3) is 0.478. The van der Waals surface area contributed by atoms with Crippen LogP contribution in [-0.2, 0) is 6.42 Å². The van der Waals surface area contributed by atoms with Gasteiger partial charge in [-0.3, -0.25) is 0 Å². The Hall–Kier alpha value is -2.01. The maximum absolute atomic E-state index is 12.4. The zero-order valence-electron chi connectivity index (χ0n) is 16.0. The Morgan fingerprint density at radius 1 is 1.04 bits per heavy atom. The van der Waals surface area contributed by atoms with E-state index in [1.165, 1.54) is 17.7 Å². The van der Waals surface area contributed by atoms with E-state index in [4.69, 9.17) is 0 Å². The first kappa shape index (κ1) is 19.3. The van der Waals surface area contributed by atoms with Crippen LogP contribution in [0, 0.1) is 17.8 Å². The average Bonchev–Trinajstić information content (AvgIpc) is 3.11. The van der Waals surface area contributed by atoms with Gasteiger partial charge >= 0.3 is 6.36 Å². The maximum atomic E-state index is 12.4. The van der Waals surface area contributed by atoms with Crippen molar-refractivity contribution in [3.63, 3.8) is 0 Å². The number of likely N-dealkylation sites (tertiary alicyclic amines) is 1.